The van der Waals surface area contributed by atoms with Crippen LogP contribution in [0, 0.1) is 31.1 Å². The molecule has 0 heterocycles. The predicted octanol–water partition coefficient (Wildman–Crippen LogP) is 11.4. The lowest BCUT2D eigenvalue weighted by molar-refractivity contribution is -0.162. The van der Waals surface area contributed by atoms with Gasteiger partial charge in [0.15, 0.2) is 6.10 Å². The van der Waals surface area contributed by atoms with Gasteiger partial charge in [-0.25, -0.2) is 4.79 Å². The van der Waals surface area contributed by atoms with Crippen molar-refractivity contribution >= 4 is 23.9 Å². The molecule has 0 radical (unpaired) electrons. The van der Waals surface area contributed by atoms with Gasteiger partial charge in [-0.1, -0.05) is 103 Å². The van der Waals surface area contributed by atoms with Crippen LogP contribution in [0.5, 0.6) is 0 Å². The number of hydrogen-bond donors (Lipinski definition) is 0. The summed E-state index contributed by atoms with van der Waals surface area (Å²) >= 11 is 0. The summed E-state index contributed by atoms with van der Waals surface area (Å²) in [6, 6.07) is 18.5. The van der Waals surface area contributed by atoms with Crippen molar-refractivity contribution in [3.05, 3.63) is 105 Å². The van der Waals surface area contributed by atoms with Gasteiger partial charge in [-0.3, -0.25) is 14.4 Å². The number of benzene rings is 3. The van der Waals surface area contributed by atoms with Crippen molar-refractivity contribution < 1.29 is 42.9 Å². The van der Waals surface area contributed by atoms with Crippen LogP contribution in [-0.2, 0) is 51.3 Å². The lowest BCUT2D eigenvalue weighted by Crippen LogP contribution is -2.32. The monoisotopic (exact) mass is 786 g/mol. The number of ether oxygens (including phenoxy) is 5. The molecule has 9 nitrogen and oxygen atoms in total. The zero-order valence-corrected chi connectivity index (χ0v) is 36.4. The van der Waals surface area contributed by atoms with Crippen molar-refractivity contribution in [1.82, 2.24) is 0 Å². The maximum atomic E-state index is 13.9. The first-order valence-corrected chi connectivity index (χ1v) is 20.7. The van der Waals surface area contributed by atoms with Crippen LogP contribution < -0.4 is 0 Å². The topological polar surface area (TPSA) is 114 Å². The Hall–Kier alpha value is -4.50. The third-order valence-corrected chi connectivity index (χ3v) is 11.7. The van der Waals surface area contributed by atoms with Gasteiger partial charge in [-0.05, 0) is 95.5 Å². The molecule has 0 saturated heterocycles. The maximum Gasteiger partial charge on any atom is 0.338 e. The molecule has 0 amide bonds. The second-order valence-electron chi connectivity index (χ2n) is 15.5. The van der Waals surface area contributed by atoms with Gasteiger partial charge in [-0.15, -0.1) is 0 Å². The number of esters is 4. The summed E-state index contributed by atoms with van der Waals surface area (Å²) < 4.78 is 31.3. The maximum absolute atomic E-state index is 13.9. The summed E-state index contributed by atoms with van der Waals surface area (Å²) in [5.74, 6) is -2.43. The first kappa shape index (κ1) is 46.9. The highest BCUT2D eigenvalue weighted by Gasteiger charge is 2.38. The van der Waals surface area contributed by atoms with E-state index >= 15 is 0 Å². The third-order valence-electron chi connectivity index (χ3n) is 11.7. The minimum Gasteiger partial charge on any atom is -0.461 e. The summed E-state index contributed by atoms with van der Waals surface area (Å²) in [6.07, 6.45) is -0.378. The van der Waals surface area contributed by atoms with Crippen LogP contribution in [0.3, 0.4) is 0 Å². The zero-order valence-electron chi connectivity index (χ0n) is 36.4. The van der Waals surface area contributed by atoms with Crippen molar-refractivity contribution in [2.75, 3.05) is 0 Å². The van der Waals surface area contributed by atoms with Crippen LogP contribution in [0.1, 0.15) is 169 Å². The summed E-state index contributed by atoms with van der Waals surface area (Å²) in [7, 11) is 0. The van der Waals surface area contributed by atoms with Crippen LogP contribution in [-0.4, -0.2) is 30.0 Å². The Morgan fingerprint density at radius 3 is 1.82 bits per heavy atom. The van der Waals surface area contributed by atoms with Crippen molar-refractivity contribution in [1.29, 1.82) is 0 Å². The van der Waals surface area contributed by atoms with Gasteiger partial charge >= 0.3 is 23.9 Å². The molecular weight excluding hydrogens is 721 g/mol. The first-order chi connectivity index (χ1) is 27.1. The van der Waals surface area contributed by atoms with E-state index in [-0.39, 0.29) is 31.0 Å². The lowest BCUT2D eigenvalue weighted by atomic mass is 9.80. The van der Waals surface area contributed by atoms with Crippen molar-refractivity contribution in [3.63, 3.8) is 0 Å². The quantitative estimate of drug-likeness (QED) is 0.0768. The van der Waals surface area contributed by atoms with Crippen molar-refractivity contribution in [2.45, 2.75) is 153 Å². The SMILES string of the molecule is CCC(C)C(=O)OCc1c(C(C)OC(=O)C(CC)(CC)CC)ccc(C(OC(=O)c2ccccc2)C(C)OCc2ccc(C)cc2C)c1C(C)OC(=O)C(C)CC. The molecule has 0 fully saturated rings. The predicted molar refractivity (Wildman–Crippen MR) is 222 cm³/mol. The van der Waals surface area contributed by atoms with Gasteiger partial charge in [0.25, 0.3) is 0 Å². The molecule has 57 heavy (non-hydrogen) atoms. The molecule has 0 spiro atoms. The zero-order chi connectivity index (χ0) is 42.4. The molecule has 3 aromatic carbocycles. The van der Waals surface area contributed by atoms with Crippen LogP contribution >= 0.6 is 0 Å². The second-order valence-corrected chi connectivity index (χ2v) is 15.5. The largest absolute Gasteiger partial charge is 0.461 e. The molecular formula is C48H66O9. The molecule has 6 atom stereocenters. The number of rotatable bonds is 21. The summed E-state index contributed by atoms with van der Waals surface area (Å²) in [4.78, 5) is 54.4. The highest BCUT2D eigenvalue weighted by molar-refractivity contribution is 5.89. The van der Waals surface area contributed by atoms with Crippen LogP contribution in [0.25, 0.3) is 0 Å². The highest BCUT2D eigenvalue weighted by Crippen LogP contribution is 2.41. The molecule has 6 unspecified atom stereocenters. The van der Waals surface area contributed by atoms with Crippen LogP contribution in [0.2, 0.25) is 0 Å². The number of carbonyl (C=O) groups excluding carboxylic acids is 4. The molecule has 0 saturated carbocycles. The Labute approximate surface area is 341 Å². The molecule has 0 aliphatic heterocycles. The lowest BCUT2D eigenvalue weighted by Gasteiger charge is -2.33. The van der Waals surface area contributed by atoms with E-state index in [4.69, 9.17) is 23.7 Å². The van der Waals surface area contributed by atoms with Crippen LogP contribution in [0.4, 0.5) is 0 Å². The molecule has 312 valence electrons. The van der Waals surface area contributed by atoms with Gasteiger partial charge < -0.3 is 23.7 Å². The standard InChI is InChI=1S/C48H66O9/c1-13-31(7)44(49)54-29-41-39(34(10)56-47(52)48(15-3,16-4)17-5)25-26-40(42(41)35(11)55-45(50)32(8)14-2)43(57-46(51)37-21-19-18-20-22-37)36(12)53-28-38-24-23-30(6)27-33(38)9/h18-27,31-32,34-36,43H,13-17,28-29H2,1-12H3. The molecule has 0 aliphatic rings. The number of hydrogen-bond acceptors (Lipinski definition) is 9. The van der Waals surface area contributed by atoms with Crippen LogP contribution in [0.15, 0.2) is 60.7 Å². The molecule has 3 rings (SSSR count). The Morgan fingerprint density at radius 2 is 1.25 bits per heavy atom. The molecule has 0 bridgehead atoms. The van der Waals surface area contributed by atoms with E-state index in [2.05, 4.69) is 6.07 Å². The number of aryl methyl sites for hydroxylation is 2. The Balaban J connectivity index is 2.32. The fraction of sp³-hybridized carbons (Fsp3) is 0.542. The van der Waals surface area contributed by atoms with E-state index < -0.39 is 47.7 Å². The molecule has 0 N–H and O–H groups in total. The smallest absolute Gasteiger partial charge is 0.338 e. The highest BCUT2D eigenvalue weighted by atomic mass is 16.6. The first-order valence-electron chi connectivity index (χ1n) is 20.7. The minimum atomic E-state index is -1.01. The molecule has 0 aliphatic carbocycles. The van der Waals surface area contributed by atoms with E-state index in [0.717, 1.165) is 16.7 Å². The second kappa shape index (κ2) is 21.9. The van der Waals surface area contributed by atoms with Gasteiger partial charge in [-0.2, -0.15) is 0 Å². The van der Waals surface area contributed by atoms with Gasteiger partial charge in [0.2, 0.25) is 0 Å². The molecule has 3 aromatic rings. The molecule has 9 heteroatoms. The minimum absolute atomic E-state index is 0.202. The fourth-order valence-corrected chi connectivity index (χ4v) is 6.96. The Morgan fingerprint density at radius 1 is 0.649 bits per heavy atom. The van der Waals surface area contributed by atoms with E-state index in [1.807, 2.05) is 85.7 Å². The average molecular weight is 787 g/mol. The van der Waals surface area contributed by atoms with Crippen molar-refractivity contribution in [2.24, 2.45) is 17.3 Å². The van der Waals surface area contributed by atoms with E-state index in [0.29, 0.717) is 59.9 Å². The van der Waals surface area contributed by atoms with E-state index in [1.54, 1.807) is 52.0 Å². The number of carbonyl (C=O) groups is 4. The fourth-order valence-electron chi connectivity index (χ4n) is 6.96. The summed E-state index contributed by atoms with van der Waals surface area (Å²) in [5.41, 5.74) is 4.99. The van der Waals surface area contributed by atoms with Gasteiger partial charge in [0, 0.05) is 16.7 Å². The van der Waals surface area contributed by atoms with E-state index in [9.17, 15) is 19.2 Å². The normalized spacial score (nSPS) is 14.7. The average Bonchev–Trinajstić information content (AvgIpc) is 3.21. The Bertz CT molecular complexity index is 1790. The summed E-state index contributed by atoms with van der Waals surface area (Å²) in [6.45, 7) is 22.9. The van der Waals surface area contributed by atoms with Crippen molar-refractivity contribution in [3.8, 4) is 0 Å². The Kier molecular flexibility index (Phi) is 18.0. The van der Waals surface area contributed by atoms with E-state index in [1.165, 1.54) is 0 Å². The summed E-state index contributed by atoms with van der Waals surface area (Å²) in [5, 5.41) is 0. The van der Waals surface area contributed by atoms with Gasteiger partial charge in [0.1, 0.15) is 18.8 Å². The molecule has 0 aromatic heterocycles. The third kappa shape index (κ3) is 12.0. The van der Waals surface area contributed by atoms with Gasteiger partial charge in [0.05, 0.1) is 35.5 Å².